The van der Waals surface area contributed by atoms with Crippen LogP contribution in [0, 0.1) is 0 Å². The first kappa shape index (κ1) is 14.7. The number of hydrogen-bond donors (Lipinski definition) is 3. The summed E-state index contributed by atoms with van der Waals surface area (Å²) in [5.41, 5.74) is 5.57. The van der Waals surface area contributed by atoms with E-state index in [9.17, 15) is 14.4 Å². The number of hydrogen-bond acceptors (Lipinski definition) is 4. The first-order valence-corrected chi connectivity index (χ1v) is 7.03. The van der Waals surface area contributed by atoms with Crippen molar-refractivity contribution in [2.75, 3.05) is 11.9 Å². The lowest BCUT2D eigenvalue weighted by Gasteiger charge is -2.23. The van der Waals surface area contributed by atoms with Crippen LogP contribution in [0.5, 0.6) is 0 Å². The van der Waals surface area contributed by atoms with Gasteiger partial charge in [0.05, 0.1) is 17.5 Å². The van der Waals surface area contributed by atoms with Gasteiger partial charge >= 0.3 is 0 Å². The second-order valence-corrected chi connectivity index (χ2v) is 5.86. The number of benzene rings is 1. The van der Waals surface area contributed by atoms with Gasteiger partial charge in [-0.05, 0) is 18.2 Å². The van der Waals surface area contributed by atoms with E-state index in [1.165, 1.54) is 11.8 Å². The Morgan fingerprint density at radius 3 is 2.90 bits per heavy atom. The Labute approximate surface area is 124 Å². The number of nitrogens with two attached hydrogens (primary N) is 1. The largest absolute Gasteiger partial charge is 0.368 e. The molecule has 2 rings (SSSR count). The fraction of sp³-hybridized carbons (Fsp3) is 0.250. The summed E-state index contributed by atoms with van der Waals surface area (Å²) in [4.78, 5) is 34.9. The van der Waals surface area contributed by atoms with E-state index >= 15 is 0 Å². The second kappa shape index (κ2) is 6.15. The summed E-state index contributed by atoms with van der Waals surface area (Å²) in [7, 11) is 0. The number of carbonyl (C=O) groups is 3. The zero-order valence-corrected chi connectivity index (χ0v) is 11.9. The number of halogens is 1. The smallest absolute Gasteiger partial charge is 0.238 e. The van der Waals surface area contributed by atoms with Crippen LogP contribution in [0.15, 0.2) is 23.1 Å². The molecular weight excluding hydrogens is 302 g/mol. The molecule has 1 aromatic carbocycles. The van der Waals surface area contributed by atoms with Crippen molar-refractivity contribution in [2.45, 2.75) is 16.6 Å². The lowest BCUT2D eigenvalue weighted by atomic mass is 10.2. The van der Waals surface area contributed by atoms with Crippen molar-refractivity contribution in [2.24, 2.45) is 5.73 Å². The highest BCUT2D eigenvalue weighted by atomic mass is 35.5. The van der Waals surface area contributed by atoms with Crippen LogP contribution in [0.3, 0.4) is 0 Å². The van der Waals surface area contributed by atoms with Gasteiger partial charge in [-0.15, -0.1) is 11.8 Å². The van der Waals surface area contributed by atoms with E-state index in [1.807, 2.05) is 0 Å². The first-order valence-electron chi connectivity index (χ1n) is 5.78. The lowest BCUT2D eigenvalue weighted by Crippen LogP contribution is -2.38. The number of carbonyl (C=O) groups excluding carboxylic acids is 3. The average molecular weight is 314 g/mol. The molecule has 1 aliphatic heterocycles. The van der Waals surface area contributed by atoms with E-state index in [0.717, 1.165) is 4.90 Å². The quantitative estimate of drug-likeness (QED) is 0.763. The van der Waals surface area contributed by atoms with Gasteiger partial charge in [-0.3, -0.25) is 14.4 Å². The number of fused-ring (bicyclic) bond motifs is 1. The molecule has 0 aliphatic carbocycles. The molecule has 1 aliphatic rings. The summed E-state index contributed by atoms with van der Waals surface area (Å²) in [6.45, 7) is -0.232. The average Bonchev–Trinajstić information content (AvgIpc) is 2.37. The van der Waals surface area contributed by atoms with Crippen LogP contribution >= 0.6 is 23.4 Å². The molecule has 3 amide bonds. The minimum atomic E-state index is -0.626. The highest BCUT2D eigenvalue weighted by Crippen LogP contribution is 2.38. The highest BCUT2D eigenvalue weighted by Gasteiger charge is 2.29. The number of anilines is 1. The molecule has 20 heavy (non-hydrogen) atoms. The Kier molecular flexibility index (Phi) is 4.51. The SMILES string of the molecule is NC(=O)CNC(=O)C[C@H]1Sc2ccc(Cl)cc2NC1=O. The van der Waals surface area contributed by atoms with Gasteiger partial charge < -0.3 is 16.4 Å². The van der Waals surface area contributed by atoms with Crippen molar-refractivity contribution in [3.8, 4) is 0 Å². The van der Waals surface area contributed by atoms with Gasteiger partial charge in [0, 0.05) is 16.3 Å². The highest BCUT2D eigenvalue weighted by molar-refractivity contribution is 8.01. The normalized spacial score (nSPS) is 17.1. The maximum Gasteiger partial charge on any atom is 0.238 e. The molecule has 4 N–H and O–H groups in total. The van der Waals surface area contributed by atoms with Crippen LogP contribution in [-0.2, 0) is 14.4 Å². The van der Waals surface area contributed by atoms with E-state index in [4.69, 9.17) is 17.3 Å². The summed E-state index contributed by atoms with van der Waals surface area (Å²) < 4.78 is 0. The third-order valence-corrected chi connectivity index (χ3v) is 4.10. The Morgan fingerprint density at radius 1 is 1.45 bits per heavy atom. The predicted molar refractivity (Wildman–Crippen MR) is 76.5 cm³/mol. The summed E-state index contributed by atoms with van der Waals surface area (Å²) in [6.07, 6.45) is -0.0220. The number of primary amides is 1. The van der Waals surface area contributed by atoms with Crippen molar-refractivity contribution in [3.05, 3.63) is 23.2 Å². The fourth-order valence-electron chi connectivity index (χ4n) is 1.68. The molecule has 0 bridgehead atoms. The third-order valence-electron chi connectivity index (χ3n) is 2.59. The Balaban J connectivity index is 2.01. The Bertz CT molecular complexity index is 579. The predicted octanol–water partition coefficient (Wildman–Crippen LogP) is 0.744. The van der Waals surface area contributed by atoms with E-state index in [-0.39, 0.29) is 18.9 Å². The number of amides is 3. The maximum atomic E-state index is 11.9. The van der Waals surface area contributed by atoms with Crippen molar-refractivity contribution in [3.63, 3.8) is 0 Å². The fourth-order valence-corrected chi connectivity index (χ4v) is 2.95. The molecule has 1 heterocycles. The molecule has 0 fully saturated rings. The van der Waals surface area contributed by atoms with Gasteiger partial charge in [-0.2, -0.15) is 0 Å². The zero-order chi connectivity index (χ0) is 14.7. The van der Waals surface area contributed by atoms with Crippen LogP contribution in [0.2, 0.25) is 5.02 Å². The van der Waals surface area contributed by atoms with Gasteiger partial charge in [-0.1, -0.05) is 11.6 Å². The van der Waals surface area contributed by atoms with Crippen LogP contribution in [0.4, 0.5) is 5.69 Å². The molecule has 0 saturated heterocycles. The minimum Gasteiger partial charge on any atom is -0.368 e. The van der Waals surface area contributed by atoms with E-state index < -0.39 is 17.1 Å². The van der Waals surface area contributed by atoms with Crippen molar-refractivity contribution < 1.29 is 14.4 Å². The summed E-state index contributed by atoms with van der Waals surface area (Å²) in [6, 6.07) is 5.16. The molecular formula is C12H12ClN3O3S. The maximum absolute atomic E-state index is 11.9. The van der Waals surface area contributed by atoms with Crippen molar-refractivity contribution in [1.29, 1.82) is 0 Å². The molecule has 1 aromatic rings. The third kappa shape index (κ3) is 3.64. The topological polar surface area (TPSA) is 101 Å². The van der Waals surface area contributed by atoms with E-state index in [0.29, 0.717) is 10.7 Å². The molecule has 0 aromatic heterocycles. The molecule has 6 nitrogen and oxygen atoms in total. The molecule has 8 heteroatoms. The van der Waals surface area contributed by atoms with Crippen molar-refractivity contribution in [1.82, 2.24) is 5.32 Å². The van der Waals surface area contributed by atoms with Crippen LogP contribution in [0.25, 0.3) is 0 Å². The minimum absolute atomic E-state index is 0.0220. The van der Waals surface area contributed by atoms with Crippen LogP contribution < -0.4 is 16.4 Å². The molecule has 0 unspecified atom stereocenters. The molecule has 0 radical (unpaired) electrons. The van der Waals surface area contributed by atoms with Gasteiger partial charge in [-0.25, -0.2) is 0 Å². The van der Waals surface area contributed by atoms with Gasteiger partial charge in [0.2, 0.25) is 17.7 Å². The zero-order valence-electron chi connectivity index (χ0n) is 10.3. The number of rotatable bonds is 4. The summed E-state index contributed by atoms with van der Waals surface area (Å²) in [5, 5.41) is 5.05. The molecule has 0 saturated carbocycles. The monoisotopic (exact) mass is 313 g/mol. The number of thioether (sulfide) groups is 1. The van der Waals surface area contributed by atoms with E-state index in [2.05, 4.69) is 10.6 Å². The summed E-state index contributed by atoms with van der Waals surface area (Å²) >= 11 is 7.14. The van der Waals surface area contributed by atoms with E-state index in [1.54, 1.807) is 18.2 Å². The first-order chi connectivity index (χ1) is 9.45. The standard InChI is InChI=1S/C12H12ClN3O3S/c13-6-1-2-8-7(3-6)16-12(19)9(20-8)4-11(18)15-5-10(14)17/h1-3,9H,4-5H2,(H2,14,17)(H,15,18)(H,16,19)/t9-/m1/s1. The molecule has 1 atom stereocenters. The van der Waals surface area contributed by atoms with Crippen LogP contribution in [0.1, 0.15) is 6.42 Å². The van der Waals surface area contributed by atoms with Gasteiger partial charge in [0.25, 0.3) is 0 Å². The lowest BCUT2D eigenvalue weighted by molar-refractivity contribution is -0.126. The Hall–Kier alpha value is -1.73. The number of nitrogens with one attached hydrogen (secondary N) is 2. The molecule has 106 valence electrons. The van der Waals surface area contributed by atoms with Crippen molar-refractivity contribution >= 4 is 46.8 Å². The van der Waals surface area contributed by atoms with Crippen LogP contribution in [-0.4, -0.2) is 29.5 Å². The second-order valence-electron chi connectivity index (χ2n) is 4.18. The molecule has 0 spiro atoms. The Morgan fingerprint density at radius 2 is 2.20 bits per heavy atom. The van der Waals surface area contributed by atoms with Gasteiger partial charge in [0.1, 0.15) is 0 Å². The summed E-state index contributed by atoms with van der Waals surface area (Å²) in [5.74, 6) is -1.29. The van der Waals surface area contributed by atoms with Gasteiger partial charge in [0.15, 0.2) is 0 Å².